The van der Waals surface area contributed by atoms with E-state index in [9.17, 15) is 0 Å². The molecule has 0 N–H and O–H groups in total. The number of rotatable bonds is 2. The molecule has 0 aliphatic heterocycles. The van der Waals surface area contributed by atoms with Gasteiger partial charge in [0, 0.05) is 0 Å². The summed E-state index contributed by atoms with van der Waals surface area (Å²) in [5.41, 5.74) is 1.75. The van der Waals surface area contributed by atoms with Crippen molar-refractivity contribution in [3.63, 3.8) is 0 Å². The molecule has 0 amide bonds. The van der Waals surface area contributed by atoms with Gasteiger partial charge in [0.25, 0.3) is 0 Å². The normalized spacial score (nSPS) is 10.8. The fourth-order valence-electron chi connectivity index (χ4n) is 1.12. The van der Waals surface area contributed by atoms with Crippen LogP contribution in [-0.2, 0) is 0 Å². The molecule has 0 unspecified atom stereocenters. The molecule has 14 heavy (non-hydrogen) atoms. The second kappa shape index (κ2) is 3.75. The molecule has 0 fully saturated rings. The highest BCUT2D eigenvalue weighted by Crippen LogP contribution is 2.23. The monoisotopic (exact) mass is 188 g/mol. The zero-order valence-corrected chi connectivity index (χ0v) is 9.22. The van der Waals surface area contributed by atoms with Crippen molar-refractivity contribution in [2.24, 2.45) is 0 Å². The molecule has 1 heteroatoms. The average Bonchev–Trinajstić information content (AvgIpc) is 2.11. The Morgan fingerprint density at radius 3 is 2.50 bits per heavy atom. The van der Waals surface area contributed by atoms with Crippen LogP contribution in [0, 0.1) is 26.2 Å². The lowest BCUT2D eigenvalue weighted by Gasteiger charge is -2.21. The topological polar surface area (TPSA) is 9.23 Å². The van der Waals surface area contributed by atoms with Crippen LogP contribution >= 0.6 is 0 Å². The lowest BCUT2D eigenvalue weighted by molar-refractivity contribution is 0.171. The van der Waals surface area contributed by atoms with Gasteiger partial charge in [0.15, 0.2) is 5.60 Å². The van der Waals surface area contributed by atoms with Crippen LogP contribution in [0.2, 0.25) is 0 Å². The number of terminal acetylenes is 1. The third kappa shape index (κ3) is 2.53. The summed E-state index contributed by atoms with van der Waals surface area (Å²) in [6.45, 7) is 7.82. The summed E-state index contributed by atoms with van der Waals surface area (Å²) in [4.78, 5) is 0. The maximum Gasteiger partial charge on any atom is 0.163 e. The molecular weight excluding hydrogens is 172 g/mol. The molecule has 0 bridgehead atoms. The van der Waals surface area contributed by atoms with E-state index in [0.29, 0.717) is 0 Å². The zero-order chi connectivity index (χ0) is 10.8. The van der Waals surface area contributed by atoms with Crippen molar-refractivity contribution >= 4 is 0 Å². The number of hydrogen-bond acceptors (Lipinski definition) is 1. The van der Waals surface area contributed by atoms with Gasteiger partial charge >= 0.3 is 0 Å². The lowest BCUT2D eigenvalue weighted by atomic mass is 10.1. The highest BCUT2D eigenvalue weighted by Gasteiger charge is 2.16. The first-order valence-electron chi connectivity index (χ1n) is 4.68. The van der Waals surface area contributed by atoms with Crippen molar-refractivity contribution in [1.82, 2.24) is 0 Å². The molecule has 0 aliphatic carbocycles. The van der Waals surface area contributed by atoms with Crippen LogP contribution in [0.4, 0.5) is 0 Å². The van der Waals surface area contributed by atoms with Crippen molar-refractivity contribution in [3.05, 3.63) is 29.3 Å². The molecule has 74 valence electrons. The van der Waals surface area contributed by atoms with Gasteiger partial charge in [0.05, 0.1) is 0 Å². The Labute approximate surface area is 86.1 Å². The van der Waals surface area contributed by atoms with Gasteiger partial charge < -0.3 is 4.74 Å². The van der Waals surface area contributed by atoms with Gasteiger partial charge in [-0.05, 0) is 44.9 Å². The maximum absolute atomic E-state index is 5.73. The third-order valence-electron chi connectivity index (χ3n) is 2.06. The van der Waals surface area contributed by atoms with Crippen LogP contribution in [0.15, 0.2) is 18.2 Å². The van der Waals surface area contributed by atoms with Gasteiger partial charge in [-0.25, -0.2) is 0 Å². The van der Waals surface area contributed by atoms with Gasteiger partial charge in [-0.2, -0.15) is 0 Å². The molecule has 1 nitrogen and oxygen atoms in total. The summed E-state index contributed by atoms with van der Waals surface area (Å²) < 4.78 is 5.73. The standard InChI is InChI=1S/C13H16O/c1-6-13(4,5)14-12-9-10(2)7-8-11(12)3/h1,7-9H,2-5H3. The van der Waals surface area contributed by atoms with E-state index in [2.05, 4.69) is 12.0 Å². The SMILES string of the molecule is C#CC(C)(C)Oc1cc(C)ccc1C. The molecule has 0 aromatic heterocycles. The van der Waals surface area contributed by atoms with E-state index < -0.39 is 5.60 Å². The first-order chi connectivity index (χ1) is 6.44. The molecule has 0 atom stereocenters. The van der Waals surface area contributed by atoms with E-state index in [1.165, 1.54) is 5.56 Å². The summed E-state index contributed by atoms with van der Waals surface area (Å²) in [5, 5.41) is 0. The maximum atomic E-state index is 5.73. The number of ether oxygens (including phenoxy) is 1. The first-order valence-corrected chi connectivity index (χ1v) is 4.68. The molecule has 0 aliphatic rings. The summed E-state index contributed by atoms with van der Waals surface area (Å²) >= 11 is 0. The lowest BCUT2D eigenvalue weighted by Crippen LogP contribution is -2.25. The minimum Gasteiger partial charge on any atom is -0.475 e. The summed E-state index contributed by atoms with van der Waals surface area (Å²) in [6.07, 6.45) is 5.37. The molecule has 0 radical (unpaired) electrons. The van der Waals surface area contributed by atoms with E-state index in [1.54, 1.807) is 0 Å². The Bertz CT molecular complexity index is 369. The predicted octanol–water partition coefficient (Wildman–Crippen LogP) is 3.09. The molecule has 1 aromatic carbocycles. The summed E-state index contributed by atoms with van der Waals surface area (Å²) in [6, 6.07) is 6.11. The minimum atomic E-state index is -0.543. The van der Waals surface area contributed by atoms with Crippen molar-refractivity contribution < 1.29 is 4.74 Å². The Kier molecular flexibility index (Phi) is 2.86. The molecule has 0 heterocycles. The van der Waals surface area contributed by atoms with Crippen LogP contribution in [0.25, 0.3) is 0 Å². The fraction of sp³-hybridized carbons (Fsp3) is 0.385. The molecular formula is C13H16O. The zero-order valence-electron chi connectivity index (χ0n) is 9.22. The Balaban J connectivity index is 2.98. The molecule has 0 saturated carbocycles. The molecule has 0 saturated heterocycles. The van der Waals surface area contributed by atoms with Gasteiger partial charge in [-0.1, -0.05) is 18.1 Å². The molecule has 1 aromatic rings. The van der Waals surface area contributed by atoms with E-state index in [0.717, 1.165) is 11.3 Å². The van der Waals surface area contributed by atoms with Crippen LogP contribution in [0.5, 0.6) is 5.75 Å². The highest BCUT2D eigenvalue weighted by atomic mass is 16.5. The number of aryl methyl sites for hydroxylation is 2. The van der Waals surface area contributed by atoms with Crippen LogP contribution in [-0.4, -0.2) is 5.60 Å². The quantitative estimate of drug-likeness (QED) is 0.648. The number of benzene rings is 1. The largest absolute Gasteiger partial charge is 0.475 e. The highest BCUT2D eigenvalue weighted by molar-refractivity contribution is 5.37. The van der Waals surface area contributed by atoms with Crippen LogP contribution < -0.4 is 4.74 Å². The number of hydrogen-bond donors (Lipinski definition) is 0. The van der Waals surface area contributed by atoms with Crippen molar-refractivity contribution in [3.8, 4) is 18.1 Å². The summed E-state index contributed by atoms with van der Waals surface area (Å²) in [7, 11) is 0. The van der Waals surface area contributed by atoms with Gasteiger partial charge in [-0.15, -0.1) is 6.42 Å². The fourth-order valence-corrected chi connectivity index (χ4v) is 1.12. The predicted molar refractivity (Wildman–Crippen MR) is 59.5 cm³/mol. The van der Waals surface area contributed by atoms with E-state index >= 15 is 0 Å². The average molecular weight is 188 g/mol. The van der Waals surface area contributed by atoms with E-state index in [1.807, 2.05) is 39.8 Å². The van der Waals surface area contributed by atoms with Crippen LogP contribution in [0.1, 0.15) is 25.0 Å². The molecule has 0 spiro atoms. The second-order valence-electron chi connectivity index (χ2n) is 4.03. The summed E-state index contributed by atoms with van der Waals surface area (Å²) in [5.74, 6) is 3.48. The van der Waals surface area contributed by atoms with Crippen molar-refractivity contribution in [2.75, 3.05) is 0 Å². The van der Waals surface area contributed by atoms with E-state index in [-0.39, 0.29) is 0 Å². The third-order valence-corrected chi connectivity index (χ3v) is 2.06. The van der Waals surface area contributed by atoms with Gasteiger partial charge in [0.2, 0.25) is 0 Å². The minimum absolute atomic E-state index is 0.543. The van der Waals surface area contributed by atoms with E-state index in [4.69, 9.17) is 11.2 Å². The Morgan fingerprint density at radius 1 is 1.29 bits per heavy atom. The Hall–Kier alpha value is -1.42. The second-order valence-corrected chi connectivity index (χ2v) is 4.03. The van der Waals surface area contributed by atoms with Gasteiger partial charge in [0.1, 0.15) is 5.75 Å². The molecule has 1 rings (SSSR count). The van der Waals surface area contributed by atoms with Crippen LogP contribution in [0.3, 0.4) is 0 Å². The van der Waals surface area contributed by atoms with Crippen molar-refractivity contribution in [1.29, 1.82) is 0 Å². The Morgan fingerprint density at radius 2 is 1.93 bits per heavy atom. The van der Waals surface area contributed by atoms with Crippen molar-refractivity contribution in [2.45, 2.75) is 33.3 Å². The van der Waals surface area contributed by atoms with Gasteiger partial charge in [-0.3, -0.25) is 0 Å². The first kappa shape index (κ1) is 10.7. The smallest absolute Gasteiger partial charge is 0.163 e.